The van der Waals surface area contributed by atoms with Crippen molar-refractivity contribution in [2.24, 2.45) is 0 Å². The quantitative estimate of drug-likeness (QED) is 0.835. The molecule has 1 fully saturated rings. The molecule has 0 amide bonds. The molecule has 5 nitrogen and oxygen atoms in total. The summed E-state index contributed by atoms with van der Waals surface area (Å²) in [6.45, 7) is 2.66. The molecule has 0 radical (unpaired) electrons. The van der Waals surface area contributed by atoms with Gasteiger partial charge in [0.1, 0.15) is 0 Å². The normalized spacial score (nSPS) is 19.2. The third-order valence-electron chi connectivity index (χ3n) is 3.42. The Kier molecular flexibility index (Phi) is 4.13. The van der Waals surface area contributed by atoms with E-state index in [1.807, 2.05) is 6.92 Å². The van der Waals surface area contributed by atoms with E-state index in [0.717, 1.165) is 25.7 Å². The van der Waals surface area contributed by atoms with Crippen LogP contribution in [0.5, 0.6) is 0 Å². The van der Waals surface area contributed by atoms with Crippen LogP contribution in [0.3, 0.4) is 0 Å². The standard InChI is InChI=1S/C11H18BrN3O2S/c1-2-15-7-10(13-9-15)18(16,17)14-11(8-12)5-3-4-6-11/h7,9,14H,2-6,8H2,1H3. The van der Waals surface area contributed by atoms with Gasteiger partial charge in [-0.2, -0.15) is 0 Å². The maximum atomic E-state index is 12.3. The molecule has 102 valence electrons. The van der Waals surface area contributed by atoms with Gasteiger partial charge in [0.25, 0.3) is 10.0 Å². The number of alkyl halides is 1. The number of rotatable bonds is 5. The lowest BCUT2D eigenvalue weighted by atomic mass is 10.0. The number of aryl methyl sites for hydroxylation is 1. The number of nitrogens with zero attached hydrogens (tertiary/aromatic N) is 2. The fraction of sp³-hybridized carbons (Fsp3) is 0.727. The van der Waals surface area contributed by atoms with Crippen LogP contribution in [0.15, 0.2) is 17.6 Å². The first kappa shape index (κ1) is 14.0. The van der Waals surface area contributed by atoms with Gasteiger partial charge in [0.05, 0.1) is 6.33 Å². The average Bonchev–Trinajstić information content (AvgIpc) is 2.97. The van der Waals surface area contributed by atoms with E-state index in [1.165, 1.54) is 0 Å². The number of hydrogen-bond acceptors (Lipinski definition) is 3. The molecule has 2 rings (SSSR count). The third kappa shape index (κ3) is 2.78. The third-order valence-corrected chi connectivity index (χ3v) is 5.95. The number of aromatic nitrogens is 2. The van der Waals surface area contributed by atoms with Gasteiger partial charge in [-0.15, -0.1) is 0 Å². The molecule has 18 heavy (non-hydrogen) atoms. The average molecular weight is 336 g/mol. The summed E-state index contributed by atoms with van der Waals surface area (Å²) in [6, 6.07) is 0. The first-order valence-electron chi connectivity index (χ1n) is 6.13. The molecule has 1 aromatic rings. The first-order chi connectivity index (χ1) is 8.51. The molecule has 1 aliphatic carbocycles. The largest absolute Gasteiger partial charge is 0.336 e. The summed E-state index contributed by atoms with van der Waals surface area (Å²) in [5, 5.41) is 0.754. The number of imidazole rings is 1. The molecule has 1 heterocycles. The van der Waals surface area contributed by atoms with Crippen LogP contribution < -0.4 is 4.72 Å². The minimum atomic E-state index is -3.52. The molecule has 0 spiro atoms. The molecule has 0 atom stereocenters. The highest BCUT2D eigenvalue weighted by atomic mass is 79.9. The highest BCUT2D eigenvalue weighted by Gasteiger charge is 2.37. The van der Waals surface area contributed by atoms with Gasteiger partial charge in [0, 0.05) is 23.6 Å². The lowest BCUT2D eigenvalue weighted by Gasteiger charge is -2.27. The van der Waals surface area contributed by atoms with Gasteiger partial charge in [0.2, 0.25) is 0 Å². The van der Waals surface area contributed by atoms with E-state index in [9.17, 15) is 8.42 Å². The van der Waals surface area contributed by atoms with Crippen LogP contribution in [0.2, 0.25) is 0 Å². The second-order valence-electron chi connectivity index (χ2n) is 4.77. The van der Waals surface area contributed by atoms with E-state index in [4.69, 9.17) is 0 Å². The number of halogens is 1. The minimum absolute atomic E-state index is 0.108. The molecule has 1 N–H and O–H groups in total. The van der Waals surface area contributed by atoms with Crippen molar-refractivity contribution in [3.63, 3.8) is 0 Å². The van der Waals surface area contributed by atoms with E-state index < -0.39 is 10.0 Å². The van der Waals surface area contributed by atoms with Gasteiger partial charge in [0.15, 0.2) is 5.03 Å². The van der Waals surface area contributed by atoms with E-state index in [0.29, 0.717) is 11.9 Å². The van der Waals surface area contributed by atoms with Gasteiger partial charge in [-0.3, -0.25) is 0 Å². The SMILES string of the molecule is CCn1cnc(S(=O)(=O)NC2(CBr)CCCC2)c1. The molecule has 0 aromatic carbocycles. The van der Waals surface area contributed by atoms with Crippen LogP contribution in [0.1, 0.15) is 32.6 Å². The van der Waals surface area contributed by atoms with Gasteiger partial charge in [-0.1, -0.05) is 28.8 Å². The summed E-state index contributed by atoms with van der Waals surface area (Å²) in [5.41, 5.74) is -0.338. The summed E-state index contributed by atoms with van der Waals surface area (Å²) in [6.07, 6.45) is 7.01. The van der Waals surface area contributed by atoms with Crippen molar-refractivity contribution < 1.29 is 8.42 Å². The minimum Gasteiger partial charge on any atom is -0.336 e. The zero-order valence-electron chi connectivity index (χ0n) is 10.4. The van der Waals surface area contributed by atoms with Gasteiger partial charge < -0.3 is 4.57 Å². The number of nitrogens with one attached hydrogen (secondary N) is 1. The fourth-order valence-corrected chi connectivity index (χ4v) is 4.60. The topological polar surface area (TPSA) is 64.0 Å². The Hall–Kier alpha value is -0.400. The van der Waals surface area contributed by atoms with Crippen LogP contribution in [-0.4, -0.2) is 28.8 Å². The van der Waals surface area contributed by atoms with Crippen LogP contribution in [0.25, 0.3) is 0 Å². The highest BCUT2D eigenvalue weighted by Crippen LogP contribution is 2.32. The first-order valence-corrected chi connectivity index (χ1v) is 8.73. The molecule has 0 saturated heterocycles. The number of sulfonamides is 1. The summed E-state index contributed by atoms with van der Waals surface area (Å²) < 4.78 is 29.1. The second kappa shape index (κ2) is 5.30. The Morgan fingerprint density at radius 2 is 2.17 bits per heavy atom. The Morgan fingerprint density at radius 1 is 1.50 bits per heavy atom. The Morgan fingerprint density at radius 3 is 2.67 bits per heavy atom. The van der Waals surface area contributed by atoms with E-state index in [2.05, 4.69) is 25.6 Å². The molecular weight excluding hydrogens is 318 g/mol. The maximum Gasteiger partial charge on any atom is 0.260 e. The van der Waals surface area contributed by atoms with Crippen molar-refractivity contribution in [1.82, 2.24) is 14.3 Å². The van der Waals surface area contributed by atoms with E-state index in [1.54, 1.807) is 17.1 Å². The monoisotopic (exact) mass is 335 g/mol. The molecule has 1 saturated carbocycles. The van der Waals surface area contributed by atoms with Crippen molar-refractivity contribution in [2.45, 2.75) is 49.7 Å². The van der Waals surface area contributed by atoms with E-state index in [-0.39, 0.29) is 10.6 Å². The Labute approximate surface area is 116 Å². The van der Waals surface area contributed by atoms with Crippen LogP contribution in [0, 0.1) is 0 Å². The molecule has 1 aliphatic rings. The van der Waals surface area contributed by atoms with E-state index >= 15 is 0 Å². The van der Waals surface area contributed by atoms with Crippen molar-refractivity contribution in [3.05, 3.63) is 12.5 Å². The lowest BCUT2D eigenvalue weighted by molar-refractivity contribution is 0.437. The lowest BCUT2D eigenvalue weighted by Crippen LogP contribution is -2.47. The fourth-order valence-electron chi connectivity index (χ4n) is 2.30. The predicted octanol–water partition coefficient (Wildman–Crippen LogP) is 1.89. The van der Waals surface area contributed by atoms with Gasteiger partial charge in [-0.05, 0) is 19.8 Å². The zero-order valence-corrected chi connectivity index (χ0v) is 12.8. The molecular formula is C11H18BrN3O2S. The predicted molar refractivity (Wildman–Crippen MR) is 73.2 cm³/mol. The molecule has 0 aliphatic heterocycles. The van der Waals surface area contributed by atoms with Crippen LogP contribution >= 0.6 is 15.9 Å². The zero-order chi connectivity index (χ0) is 13.2. The van der Waals surface area contributed by atoms with Crippen molar-refractivity contribution in [1.29, 1.82) is 0 Å². The highest BCUT2D eigenvalue weighted by molar-refractivity contribution is 9.09. The summed E-state index contributed by atoms with van der Waals surface area (Å²) in [4.78, 5) is 3.96. The summed E-state index contributed by atoms with van der Waals surface area (Å²) in [7, 11) is -3.52. The van der Waals surface area contributed by atoms with Crippen molar-refractivity contribution in [2.75, 3.05) is 5.33 Å². The van der Waals surface area contributed by atoms with Crippen molar-refractivity contribution >= 4 is 26.0 Å². The Balaban J connectivity index is 2.21. The summed E-state index contributed by atoms with van der Waals surface area (Å²) >= 11 is 3.42. The van der Waals surface area contributed by atoms with Crippen molar-refractivity contribution in [3.8, 4) is 0 Å². The smallest absolute Gasteiger partial charge is 0.260 e. The molecule has 1 aromatic heterocycles. The second-order valence-corrected chi connectivity index (χ2v) is 6.96. The number of hydrogen-bond donors (Lipinski definition) is 1. The summed E-state index contributed by atoms with van der Waals surface area (Å²) in [5.74, 6) is 0. The van der Waals surface area contributed by atoms with Crippen LogP contribution in [-0.2, 0) is 16.6 Å². The molecule has 7 heteroatoms. The maximum absolute atomic E-state index is 12.3. The molecule has 0 unspecified atom stereocenters. The molecule has 0 bridgehead atoms. The van der Waals surface area contributed by atoms with Gasteiger partial charge >= 0.3 is 0 Å². The Bertz CT molecular complexity index is 506. The van der Waals surface area contributed by atoms with Crippen LogP contribution in [0.4, 0.5) is 0 Å². The van der Waals surface area contributed by atoms with Gasteiger partial charge in [-0.25, -0.2) is 18.1 Å².